The normalized spacial score (nSPS) is 27.3. The highest BCUT2D eigenvalue weighted by molar-refractivity contribution is 5.28. The fourth-order valence-electron chi connectivity index (χ4n) is 3.12. The van der Waals surface area contributed by atoms with Gasteiger partial charge in [0.1, 0.15) is 0 Å². The molecule has 2 nitrogen and oxygen atoms in total. The second-order valence-corrected chi connectivity index (χ2v) is 5.42. The zero-order valence-corrected chi connectivity index (χ0v) is 11.2. The number of nitrogens with zero attached hydrogens (tertiary/aromatic N) is 1. The second-order valence-electron chi connectivity index (χ2n) is 5.42. The van der Waals surface area contributed by atoms with Crippen LogP contribution in [0.25, 0.3) is 0 Å². The van der Waals surface area contributed by atoms with Crippen LogP contribution >= 0.6 is 0 Å². The number of nitrogens with two attached hydrogens (primary N) is 1. The molecule has 17 heavy (non-hydrogen) atoms. The van der Waals surface area contributed by atoms with Crippen molar-refractivity contribution in [1.82, 2.24) is 4.90 Å². The van der Waals surface area contributed by atoms with E-state index in [-0.39, 0.29) is 0 Å². The van der Waals surface area contributed by atoms with Crippen LogP contribution in [0.1, 0.15) is 37.4 Å². The van der Waals surface area contributed by atoms with Crippen LogP contribution < -0.4 is 5.73 Å². The Hall–Kier alpha value is -0.860. The lowest BCUT2D eigenvalue weighted by atomic mass is 10.0. The van der Waals surface area contributed by atoms with Crippen molar-refractivity contribution in [3.05, 3.63) is 35.4 Å². The standard InChI is InChI=1S/C15H24N2/c1-11-6-4-5-7-15(11)13(3)17-10-14(9-16)8-12(17)2/h4-7,12-14H,8-10,16H2,1-3H3. The molecule has 0 spiro atoms. The van der Waals surface area contributed by atoms with E-state index in [1.54, 1.807) is 0 Å². The molecule has 2 N–H and O–H groups in total. The molecule has 1 aromatic rings. The van der Waals surface area contributed by atoms with Crippen molar-refractivity contribution in [3.63, 3.8) is 0 Å². The lowest BCUT2D eigenvalue weighted by molar-refractivity contribution is 0.200. The van der Waals surface area contributed by atoms with Crippen molar-refractivity contribution in [2.45, 2.75) is 39.3 Å². The predicted octanol–water partition coefficient (Wildman–Crippen LogP) is 2.73. The van der Waals surface area contributed by atoms with E-state index in [0.717, 1.165) is 13.1 Å². The molecule has 0 bridgehead atoms. The fourth-order valence-corrected chi connectivity index (χ4v) is 3.12. The van der Waals surface area contributed by atoms with Gasteiger partial charge in [-0.15, -0.1) is 0 Å². The summed E-state index contributed by atoms with van der Waals surface area (Å²) in [6.45, 7) is 8.81. The van der Waals surface area contributed by atoms with Crippen LogP contribution in [0.3, 0.4) is 0 Å². The minimum atomic E-state index is 0.503. The van der Waals surface area contributed by atoms with Crippen LogP contribution in [0.2, 0.25) is 0 Å². The second kappa shape index (κ2) is 5.19. The molecule has 3 atom stereocenters. The SMILES string of the molecule is Cc1ccccc1C(C)N1CC(CN)CC1C. The maximum atomic E-state index is 5.80. The van der Waals surface area contributed by atoms with Crippen LogP contribution in [0.4, 0.5) is 0 Å². The van der Waals surface area contributed by atoms with Gasteiger partial charge in [-0.3, -0.25) is 4.90 Å². The van der Waals surface area contributed by atoms with Crippen LogP contribution in [0, 0.1) is 12.8 Å². The van der Waals surface area contributed by atoms with Crippen molar-refractivity contribution < 1.29 is 0 Å². The first-order valence-electron chi connectivity index (χ1n) is 6.64. The zero-order chi connectivity index (χ0) is 12.4. The first-order chi connectivity index (χ1) is 8.13. The van der Waals surface area contributed by atoms with Crippen LogP contribution in [0.5, 0.6) is 0 Å². The summed E-state index contributed by atoms with van der Waals surface area (Å²) in [5, 5.41) is 0. The smallest absolute Gasteiger partial charge is 0.0325 e. The molecule has 1 fully saturated rings. The number of likely N-dealkylation sites (tertiary alicyclic amines) is 1. The molecule has 0 aromatic heterocycles. The minimum Gasteiger partial charge on any atom is -0.330 e. The Morgan fingerprint density at radius 3 is 2.71 bits per heavy atom. The Morgan fingerprint density at radius 2 is 2.12 bits per heavy atom. The highest BCUT2D eigenvalue weighted by Gasteiger charge is 2.32. The third-order valence-corrected chi connectivity index (χ3v) is 4.18. The Balaban J connectivity index is 2.15. The van der Waals surface area contributed by atoms with Gasteiger partial charge < -0.3 is 5.73 Å². The maximum Gasteiger partial charge on any atom is 0.0325 e. The van der Waals surface area contributed by atoms with Gasteiger partial charge >= 0.3 is 0 Å². The molecule has 1 aliphatic rings. The van der Waals surface area contributed by atoms with E-state index in [4.69, 9.17) is 5.73 Å². The summed E-state index contributed by atoms with van der Waals surface area (Å²) in [6, 6.07) is 9.86. The molecular formula is C15H24N2. The van der Waals surface area contributed by atoms with E-state index in [1.165, 1.54) is 17.5 Å². The molecule has 0 radical (unpaired) electrons. The quantitative estimate of drug-likeness (QED) is 0.868. The lowest BCUT2D eigenvalue weighted by Crippen LogP contribution is -2.31. The summed E-state index contributed by atoms with van der Waals surface area (Å²) in [4.78, 5) is 2.60. The predicted molar refractivity (Wildman–Crippen MR) is 72.9 cm³/mol. The Bertz CT molecular complexity index is 375. The van der Waals surface area contributed by atoms with Gasteiger partial charge in [-0.1, -0.05) is 24.3 Å². The number of hydrogen-bond donors (Lipinski definition) is 1. The maximum absolute atomic E-state index is 5.80. The molecule has 1 aliphatic heterocycles. The molecule has 1 saturated heterocycles. The first-order valence-corrected chi connectivity index (χ1v) is 6.64. The van der Waals surface area contributed by atoms with Crippen molar-refractivity contribution in [2.75, 3.05) is 13.1 Å². The Morgan fingerprint density at radius 1 is 1.41 bits per heavy atom. The molecule has 3 unspecified atom stereocenters. The van der Waals surface area contributed by atoms with Crippen molar-refractivity contribution in [2.24, 2.45) is 11.7 Å². The highest BCUT2D eigenvalue weighted by atomic mass is 15.2. The number of benzene rings is 1. The van der Waals surface area contributed by atoms with Crippen molar-refractivity contribution in [1.29, 1.82) is 0 Å². The molecule has 0 amide bonds. The Kier molecular flexibility index (Phi) is 3.85. The van der Waals surface area contributed by atoms with Gasteiger partial charge in [-0.25, -0.2) is 0 Å². The van der Waals surface area contributed by atoms with Crippen molar-refractivity contribution >= 4 is 0 Å². The minimum absolute atomic E-state index is 0.503. The summed E-state index contributed by atoms with van der Waals surface area (Å²) in [7, 11) is 0. The van der Waals surface area contributed by atoms with E-state index >= 15 is 0 Å². The summed E-state index contributed by atoms with van der Waals surface area (Å²) < 4.78 is 0. The number of aryl methyl sites for hydroxylation is 1. The molecule has 1 aromatic carbocycles. The molecule has 2 heteroatoms. The monoisotopic (exact) mass is 232 g/mol. The van der Waals surface area contributed by atoms with E-state index < -0.39 is 0 Å². The van der Waals surface area contributed by atoms with Gasteiger partial charge in [-0.2, -0.15) is 0 Å². The summed E-state index contributed by atoms with van der Waals surface area (Å²) in [5.74, 6) is 0.677. The number of rotatable bonds is 3. The Labute approximate surface area is 105 Å². The average molecular weight is 232 g/mol. The number of hydrogen-bond acceptors (Lipinski definition) is 2. The molecule has 0 aliphatic carbocycles. The van der Waals surface area contributed by atoms with Gasteiger partial charge in [-0.05, 0) is 50.8 Å². The van der Waals surface area contributed by atoms with Gasteiger partial charge in [0, 0.05) is 18.6 Å². The zero-order valence-electron chi connectivity index (χ0n) is 11.2. The lowest BCUT2D eigenvalue weighted by Gasteiger charge is -2.30. The van der Waals surface area contributed by atoms with Crippen LogP contribution in [-0.4, -0.2) is 24.0 Å². The van der Waals surface area contributed by atoms with Gasteiger partial charge in [0.05, 0.1) is 0 Å². The molecular weight excluding hydrogens is 208 g/mol. The van der Waals surface area contributed by atoms with E-state index in [9.17, 15) is 0 Å². The topological polar surface area (TPSA) is 29.3 Å². The summed E-state index contributed by atoms with van der Waals surface area (Å²) in [5.41, 5.74) is 8.65. The van der Waals surface area contributed by atoms with Gasteiger partial charge in [0.15, 0.2) is 0 Å². The summed E-state index contributed by atoms with van der Waals surface area (Å²) in [6.07, 6.45) is 1.24. The third kappa shape index (κ3) is 2.53. The van der Waals surface area contributed by atoms with E-state index in [1.807, 2.05) is 0 Å². The van der Waals surface area contributed by atoms with Crippen LogP contribution in [0.15, 0.2) is 24.3 Å². The van der Waals surface area contributed by atoms with E-state index in [0.29, 0.717) is 18.0 Å². The molecule has 2 rings (SSSR count). The molecule has 0 saturated carbocycles. The van der Waals surface area contributed by atoms with Crippen molar-refractivity contribution in [3.8, 4) is 0 Å². The summed E-state index contributed by atoms with van der Waals surface area (Å²) >= 11 is 0. The molecule has 94 valence electrons. The van der Waals surface area contributed by atoms with Crippen LogP contribution in [-0.2, 0) is 0 Å². The van der Waals surface area contributed by atoms with E-state index in [2.05, 4.69) is 49.9 Å². The fraction of sp³-hybridized carbons (Fsp3) is 0.600. The average Bonchev–Trinajstić information content (AvgIpc) is 2.70. The van der Waals surface area contributed by atoms with Gasteiger partial charge in [0.25, 0.3) is 0 Å². The molecule has 1 heterocycles. The first kappa shape index (κ1) is 12.6. The van der Waals surface area contributed by atoms with Gasteiger partial charge in [0.2, 0.25) is 0 Å². The highest BCUT2D eigenvalue weighted by Crippen LogP contribution is 2.32. The largest absolute Gasteiger partial charge is 0.330 e. The third-order valence-electron chi connectivity index (χ3n) is 4.18.